The third-order valence-corrected chi connectivity index (χ3v) is 4.41. The summed E-state index contributed by atoms with van der Waals surface area (Å²) in [6, 6.07) is 12.8. The van der Waals surface area contributed by atoms with Gasteiger partial charge in [0.05, 0.1) is 33.5 Å². The molecule has 6 heteroatoms. The Bertz CT molecular complexity index is 791. The van der Waals surface area contributed by atoms with Crippen LogP contribution in [0.2, 0.25) is 0 Å². The highest BCUT2D eigenvalue weighted by atomic mass is 16.5. The molecule has 0 aliphatic heterocycles. The Hall–Kier alpha value is -2.57. The zero-order valence-corrected chi connectivity index (χ0v) is 18.4. The second-order valence-electron chi connectivity index (χ2n) is 7.30. The van der Waals surface area contributed by atoms with E-state index < -0.39 is 0 Å². The standard InChI is InChI=1S/C24H33NO5/c1-5-28-13-14-29-17-19-7-6-8-21(15-19)25-24(26)20-9-10-22(23(16-20)27-4)30-12-11-18(2)3/h6-10,15-16,18H,5,11-14,17H2,1-4H3,(H,25,26). The zero-order valence-electron chi connectivity index (χ0n) is 18.4. The van der Waals surface area contributed by atoms with Crippen LogP contribution in [0.1, 0.15) is 43.1 Å². The number of carbonyl (C=O) groups excluding carboxylic acids is 1. The summed E-state index contributed by atoms with van der Waals surface area (Å²) in [6.07, 6.45) is 0.955. The monoisotopic (exact) mass is 415 g/mol. The molecule has 0 aromatic heterocycles. The molecule has 0 aliphatic carbocycles. The molecule has 0 heterocycles. The molecule has 2 aromatic rings. The van der Waals surface area contributed by atoms with Gasteiger partial charge < -0.3 is 24.3 Å². The van der Waals surface area contributed by atoms with Crippen molar-refractivity contribution in [3.05, 3.63) is 53.6 Å². The topological polar surface area (TPSA) is 66.0 Å². The number of ether oxygens (including phenoxy) is 4. The molecule has 0 spiro atoms. The predicted octanol–water partition coefficient (Wildman–Crippen LogP) is 4.93. The van der Waals surface area contributed by atoms with Gasteiger partial charge in [0.15, 0.2) is 11.5 Å². The molecule has 164 valence electrons. The number of anilines is 1. The normalized spacial score (nSPS) is 10.8. The van der Waals surface area contributed by atoms with E-state index >= 15 is 0 Å². The molecule has 30 heavy (non-hydrogen) atoms. The molecular weight excluding hydrogens is 382 g/mol. The molecule has 0 unspecified atom stereocenters. The van der Waals surface area contributed by atoms with E-state index in [4.69, 9.17) is 18.9 Å². The number of carbonyl (C=O) groups is 1. The third-order valence-electron chi connectivity index (χ3n) is 4.41. The number of benzene rings is 2. The van der Waals surface area contributed by atoms with Gasteiger partial charge in [-0.15, -0.1) is 0 Å². The van der Waals surface area contributed by atoms with Crippen LogP contribution in [-0.2, 0) is 16.1 Å². The molecule has 6 nitrogen and oxygen atoms in total. The maximum absolute atomic E-state index is 12.7. The van der Waals surface area contributed by atoms with E-state index in [1.54, 1.807) is 25.3 Å². The van der Waals surface area contributed by atoms with Crippen LogP contribution in [0.5, 0.6) is 11.5 Å². The Kier molecular flexibility index (Phi) is 10.2. The lowest BCUT2D eigenvalue weighted by atomic mass is 10.1. The van der Waals surface area contributed by atoms with Crippen LogP contribution in [0.15, 0.2) is 42.5 Å². The maximum atomic E-state index is 12.7. The van der Waals surface area contributed by atoms with Gasteiger partial charge in [-0.1, -0.05) is 26.0 Å². The Morgan fingerprint density at radius 3 is 2.53 bits per heavy atom. The van der Waals surface area contributed by atoms with Crippen molar-refractivity contribution in [2.75, 3.05) is 38.9 Å². The SMILES string of the molecule is CCOCCOCc1cccc(NC(=O)c2ccc(OCCC(C)C)c(OC)c2)c1. The van der Waals surface area contributed by atoms with E-state index in [0.717, 1.165) is 12.0 Å². The smallest absolute Gasteiger partial charge is 0.255 e. The van der Waals surface area contributed by atoms with E-state index in [9.17, 15) is 4.79 Å². The second-order valence-corrected chi connectivity index (χ2v) is 7.30. The number of hydrogen-bond donors (Lipinski definition) is 1. The number of amides is 1. The first-order valence-corrected chi connectivity index (χ1v) is 10.4. The van der Waals surface area contributed by atoms with E-state index in [-0.39, 0.29) is 5.91 Å². The molecule has 0 radical (unpaired) electrons. The largest absolute Gasteiger partial charge is 0.493 e. The first-order valence-electron chi connectivity index (χ1n) is 10.4. The van der Waals surface area contributed by atoms with Gasteiger partial charge in [-0.2, -0.15) is 0 Å². The van der Waals surface area contributed by atoms with Crippen molar-refractivity contribution >= 4 is 11.6 Å². The number of methoxy groups -OCH3 is 1. The molecule has 0 saturated heterocycles. The molecule has 0 saturated carbocycles. The molecule has 1 amide bonds. The third kappa shape index (κ3) is 8.05. The van der Waals surface area contributed by atoms with Crippen molar-refractivity contribution in [1.29, 1.82) is 0 Å². The fourth-order valence-electron chi connectivity index (χ4n) is 2.73. The van der Waals surface area contributed by atoms with Crippen LogP contribution >= 0.6 is 0 Å². The minimum Gasteiger partial charge on any atom is -0.493 e. The summed E-state index contributed by atoms with van der Waals surface area (Å²) in [5.41, 5.74) is 2.19. The molecular formula is C24H33NO5. The summed E-state index contributed by atoms with van der Waals surface area (Å²) >= 11 is 0. The van der Waals surface area contributed by atoms with Gasteiger partial charge in [-0.25, -0.2) is 0 Å². The fraction of sp³-hybridized carbons (Fsp3) is 0.458. The average molecular weight is 416 g/mol. The molecule has 2 rings (SSSR count). The summed E-state index contributed by atoms with van der Waals surface area (Å²) < 4.78 is 22.0. The molecule has 0 atom stereocenters. The summed E-state index contributed by atoms with van der Waals surface area (Å²) in [4.78, 5) is 12.7. The first kappa shape index (κ1) is 23.7. The fourth-order valence-corrected chi connectivity index (χ4v) is 2.73. The van der Waals surface area contributed by atoms with Gasteiger partial charge in [0, 0.05) is 17.9 Å². The minimum absolute atomic E-state index is 0.212. The Morgan fingerprint density at radius 2 is 1.80 bits per heavy atom. The lowest BCUT2D eigenvalue weighted by Gasteiger charge is -2.13. The van der Waals surface area contributed by atoms with Gasteiger partial charge in [-0.3, -0.25) is 4.79 Å². The van der Waals surface area contributed by atoms with Crippen molar-refractivity contribution in [1.82, 2.24) is 0 Å². The van der Waals surface area contributed by atoms with E-state index in [1.165, 1.54) is 0 Å². The van der Waals surface area contributed by atoms with Crippen LogP contribution in [-0.4, -0.2) is 39.4 Å². The Labute approximate surface area is 179 Å². The summed E-state index contributed by atoms with van der Waals surface area (Å²) in [6.45, 7) is 9.12. The maximum Gasteiger partial charge on any atom is 0.255 e. The zero-order chi connectivity index (χ0) is 21.8. The van der Waals surface area contributed by atoms with Gasteiger partial charge >= 0.3 is 0 Å². The second kappa shape index (κ2) is 12.9. The van der Waals surface area contributed by atoms with Crippen molar-refractivity contribution in [3.63, 3.8) is 0 Å². The Balaban J connectivity index is 1.95. The van der Waals surface area contributed by atoms with Crippen LogP contribution in [0.25, 0.3) is 0 Å². The molecule has 1 N–H and O–H groups in total. The Morgan fingerprint density at radius 1 is 1.00 bits per heavy atom. The molecule has 0 bridgehead atoms. The number of nitrogens with one attached hydrogen (secondary N) is 1. The number of rotatable bonds is 13. The highest BCUT2D eigenvalue weighted by Gasteiger charge is 2.12. The minimum atomic E-state index is -0.212. The molecule has 0 aliphatic rings. The van der Waals surface area contributed by atoms with Gasteiger partial charge in [0.25, 0.3) is 5.91 Å². The predicted molar refractivity (Wildman–Crippen MR) is 118 cm³/mol. The van der Waals surface area contributed by atoms with Gasteiger partial charge in [0.2, 0.25) is 0 Å². The van der Waals surface area contributed by atoms with Crippen LogP contribution in [0, 0.1) is 5.92 Å². The van der Waals surface area contributed by atoms with E-state index in [0.29, 0.717) is 61.7 Å². The highest BCUT2D eigenvalue weighted by molar-refractivity contribution is 6.04. The van der Waals surface area contributed by atoms with Crippen molar-refractivity contribution in [2.45, 2.75) is 33.8 Å². The van der Waals surface area contributed by atoms with Crippen LogP contribution in [0.3, 0.4) is 0 Å². The molecule has 0 fully saturated rings. The highest BCUT2D eigenvalue weighted by Crippen LogP contribution is 2.29. The lowest BCUT2D eigenvalue weighted by molar-refractivity contribution is 0.0453. The average Bonchev–Trinajstić information content (AvgIpc) is 2.73. The first-order chi connectivity index (χ1) is 14.5. The van der Waals surface area contributed by atoms with E-state index in [1.807, 2.05) is 31.2 Å². The summed E-state index contributed by atoms with van der Waals surface area (Å²) in [7, 11) is 1.57. The van der Waals surface area contributed by atoms with Crippen molar-refractivity contribution in [3.8, 4) is 11.5 Å². The molecule has 2 aromatic carbocycles. The summed E-state index contributed by atoms with van der Waals surface area (Å²) in [5.74, 6) is 1.53. The van der Waals surface area contributed by atoms with Gasteiger partial charge in [-0.05, 0) is 55.2 Å². The summed E-state index contributed by atoms with van der Waals surface area (Å²) in [5, 5.41) is 2.92. The van der Waals surface area contributed by atoms with Crippen LogP contribution in [0.4, 0.5) is 5.69 Å². The quantitative estimate of drug-likeness (QED) is 0.470. The van der Waals surface area contributed by atoms with E-state index in [2.05, 4.69) is 19.2 Å². The number of hydrogen-bond acceptors (Lipinski definition) is 5. The van der Waals surface area contributed by atoms with Crippen molar-refractivity contribution < 1.29 is 23.7 Å². The van der Waals surface area contributed by atoms with Gasteiger partial charge in [0.1, 0.15) is 0 Å². The van der Waals surface area contributed by atoms with Crippen LogP contribution < -0.4 is 14.8 Å². The lowest BCUT2D eigenvalue weighted by Crippen LogP contribution is -2.12. The van der Waals surface area contributed by atoms with Crippen molar-refractivity contribution in [2.24, 2.45) is 5.92 Å².